The van der Waals surface area contributed by atoms with Crippen LogP contribution in [0.5, 0.6) is 0 Å². The summed E-state index contributed by atoms with van der Waals surface area (Å²) in [7, 11) is 6.06. The molecule has 2 unspecified atom stereocenters. The molecule has 0 aromatic rings. The third-order valence-electron chi connectivity index (χ3n) is 4.81. The van der Waals surface area contributed by atoms with Crippen molar-refractivity contribution in [2.45, 2.75) is 33.0 Å². The number of carbonyl (C=O) groups excluding carboxylic acids is 4. The number of methoxy groups -OCH3 is 4. The molecule has 12 heteroatoms. The first-order valence-electron chi connectivity index (χ1n) is 11.3. The number of ether oxygens (including phenoxy) is 6. The average molecular weight is 505 g/mol. The molecule has 0 saturated carbocycles. The Bertz CT molecular complexity index is 682. The zero-order valence-corrected chi connectivity index (χ0v) is 21.9. The van der Waals surface area contributed by atoms with Gasteiger partial charge in [0, 0.05) is 66.3 Å². The molecule has 0 N–H and O–H groups in total. The number of amides is 2. The second-order valence-electron chi connectivity index (χ2n) is 7.58. The van der Waals surface area contributed by atoms with E-state index in [2.05, 4.69) is 0 Å². The van der Waals surface area contributed by atoms with Crippen LogP contribution in [0.15, 0.2) is 11.6 Å². The highest BCUT2D eigenvalue weighted by Gasteiger charge is 2.26. The highest BCUT2D eigenvalue weighted by Crippen LogP contribution is 2.07. The number of hydrogen-bond acceptors (Lipinski definition) is 10. The van der Waals surface area contributed by atoms with Crippen LogP contribution in [0.25, 0.3) is 0 Å². The van der Waals surface area contributed by atoms with E-state index in [1.165, 1.54) is 59.0 Å². The van der Waals surface area contributed by atoms with Crippen LogP contribution in [0, 0.1) is 0 Å². The van der Waals surface area contributed by atoms with E-state index in [4.69, 9.17) is 28.4 Å². The zero-order valence-electron chi connectivity index (χ0n) is 21.9. The van der Waals surface area contributed by atoms with Gasteiger partial charge >= 0.3 is 11.9 Å². The molecule has 0 aliphatic carbocycles. The van der Waals surface area contributed by atoms with Gasteiger partial charge in [0.1, 0.15) is 0 Å². The van der Waals surface area contributed by atoms with Crippen LogP contribution in [0.2, 0.25) is 0 Å². The van der Waals surface area contributed by atoms with Crippen molar-refractivity contribution in [3.05, 3.63) is 11.6 Å². The standard InChI is InChI=1S/C23H40N2O10/c1-17(23(29)35-19(3)22(28)25(10-14-32-6)11-15-33-7)16-20(26)34-18(2)21(27)24(8-12-30-4)9-13-31-5/h16,18-19H,8-15H2,1-7H3/b17-16+. The lowest BCUT2D eigenvalue weighted by Gasteiger charge is -2.25. The van der Waals surface area contributed by atoms with Gasteiger partial charge in [-0.2, -0.15) is 0 Å². The van der Waals surface area contributed by atoms with Crippen molar-refractivity contribution < 1.29 is 47.6 Å². The molecule has 0 aliphatic rings. The Morgan fingerprint density at radius 1 is 0.657 bits per heavy atom. The molecule has 0 heterocycles. The van der Waals surface area contributed by atoms with Crippen LogP contribution in [0.3, 0.4) is 0 Å². The Labute approximate surface area is 207 Å². The molecule has 0 aromatic carbocycles. The molecule has 0 fully saturated rings. The summed E-state index contributed by atoms with van der Waals surface area (Å²) in [4.78, 5) is 52.8. The van der Waals surface area contributed by atoms with Crippen molar-refractivity contribution >= 4 is 23.8 Å². The minimum absolute atomic E-state index is 0.0785. The predicted octanol–water partition coefficient (Wildman–Crippen LogP) is 0.0389. The maximum atomic E-state index is 12.6. The molecule has 0 aliphatic heterocycles. The van der Waals surface area contributed by atoms with Gasteiger partial charge in [0.2, 0.25) is 0 Å². The number of hydrogen-bond donors (Lipinski definition) is 0. The fourth-order valence-corrected chi connectivity index (χ4v) is 2.78. The van der Waals surface area contributed by atoms with E-state index in [-0.39, 0.29) is 5.57 Å². The number of carbonyl (C=O) groups is 4. The topological polar surface area (TPSA) is 130 Å². The zero-order chi connectivity index (χ0) is 26.8. The van der Waals surface area contributed by atoms with Crippen LogP contribution >= 0.6 is 0 Å². The van der Waals surface area contributed by atoms with Gasteiger partial charge in [-0.1, -0.05) is 0 Å². The average Bonchev–Trinajstić information content (AvgIpc) is 2.83. The van der Waals surface area contributed by atoms with Crippen LogP contribution in [0.1, 0.15) is 20.8 Å². The number of nitrogens with zero attached hydrogens (tertiary/aromatic N) is 2. The van der Waals surface area contributed by atoms with Gasteiger partial charge in [0.25, 0.3) is 11.8 Å². The summed E-state index contributed by atoms with van der Waals surface area (Å²) in [5, 5.41) is 0. The van der Waals surface area contributed by atoms with E-state index in [0.29, 0.717) is 52.6 Å². The normalized spacial score (nSPS) is 13.1. The molecule has 0 aromatic heterocycles. The van der Waals surface area contributed by atoms with Crippen molar-refractivity contribution in [1.29, 1.82) is 0 Å². The minimum Gasteiger partial charge on any atom is -0.449 e. The summed E-state index contributed by atoms with van der Waals surface area (Å²) in [5.74, 6) is -2.59. The third-order valence-corrected chi connectivity index (χ3v) is 4.81. The van der Waals surface area contributed by atoms with Crippen LogP contribution in [0.4, 0.5) is 0 Å². The van der Waals surface area contributed by atoms with Gasteiger partial charge in [-0.05, 0) is 20.8 Å². The third kappa shape index (κ3) is 13.2. The molecule has 202 valence electrons. The molecule has 0 radical (unpaired) electrons. The van der Waals surface area contributed by atoms with E-state index in [1.54, 1.807) is 0 Å². The molecule has 0 bridgehead atoms. The van der Waals surface area contributed by atoms with Crippen LogP contribution in [-0.2, 0) is 47.6 Å². The van der Waals surface area contributed by atoms with Crippen molar-refractivity contribution in [3.63, 3.8) is 0 Å². The number of esters is 2. The highest BCUT2D eigenvalue weighted by molar-refractivity contribution is 5.97. The fraction of sp³-hybridized carbons (Fsp3) is 0.739. The lowest BCUT2D eigenvalue weighted by Crippen LogP contribution is -2.43. The Morgan fingerprint density at radius 3 is 1.34 bits per heavy atom. The quantitative estimate of drug-likeness (QED) is 0.186. The first-order valence-corrected chi connectivity index (χ1v) is 11.3. The summed E-state index contributed by atoms with van der Waals surface area (Å²) in [5.41, 5.74) is -0.0785. The molecular formula is C23H40N2O10. The predicted molar refractivity (Wildman–Crippen MR) is 126 cm³/mol. The van der Waals surface area contributed by atoms with E-state index >= 15 is 0 Å². The van der Waals surface area contributed by atoms with Crippen molar-refractivity contribution in [2.75, 3.05) is 81.0 Å². The molecule has 12 nitrogen and oxygen atoms in total. The van der Waals surface area contributed by atoms with Crippen molar-refractivity contribution in [2.24, 2.45) is 0 Å². The molecule has 0 spiro atoms. The van der Waals surface area contributed by atoms with Gasteiger partial charge < -0.3 is 38.2 Å². The second-order valence-corrected chi connectivity index (χ2v) is 7.58. The van der Waals surface area contributed by atoms with Gasteiger partial charge in [-0.3, -0.25) is 9.59 Å². The molecule has 0 saturated heterocycles. The second kappa shape index (κ2) is 18.7. The molecule has 35 heavy (non-hydrogen) atoms. The van der Waals surface area contributed by atoms with Crippen LogP contribution < -0.4 is 0 Å². The fourth-order valence-electron chi connectivity index (χ4n) is 2.78. The monoisotopic (exact) mass is 504 g/mol. The summed E-state index contributed by atoms with van der Waals surface area (Å²) >= 11 is 0. The smallest absolute Gasteiger partial charge is 0.334 e. The lowest BCUT2D eigenvalue weighted by atomic mass is 10.2. The van der Waals surface area contributed by atoms with Gasteiger partial charge in [0.05, 0.1) is 26.4 Å². The first-order chi connectivity index (χ1) is 16.6. The van der Waals surface area contributed by atoms with E-state index in [1.807, 2.05) is 0 Å². The van der Waals surface area contributed by atoms with Gasteiger partial charge in [0.15, 0.2) is 12.2 Å². The van der Waals surface area contributed by atoms with Crippen molar-refractivity contribution in [3.8, 4) is 0 Å². The maximum Gasteiger partial charge on any atom is 0.334 e. The largest absolute Gasteiger partial charge is 0.449 e. The Kier molecular flexibility index (Phi) is 17.4. The first kappa shape index (κ1) is 32.5. The van der Waals surface area contributed by atoms with E-state index in [9.17, 15) is 19.2 Å². The SMILES string of the molecule is COCCN(CCOC)C(=O)C(C)OC(=O)/C=C(\C)C(=O)OC(C)C(=O)N(CCOC)CCOC. The Hall–Kier alpha value is -2.54. The summed E-state index contributed by atoms with van der Waals surface area (Å²) in [6, 6.07) is 0. The van der Waals surface area contributed by atoms with E-state index < -0.39 is 36.0 Å². The van der Waals surface area contributed by atoms with Crippen LogP contribution in [-0.4, -0.2) is 127 Å². The molecule has 0 rings (SSSR count). The molecular weight excluding hydrogens is 464 g/mol. The van der Waals surface area contributed by atoms with Crippen molar-refractivity contribution in [1.82, 2.24) is 9.80 Å². The lowest BCUT2D eigenvalue weighted by molar-refractivity contribution is -0.157. The summed E-state index contributed by atoms with van der Waals surface area (Å²) in [6.45, 7) is 6.69. The minimum atomic E-state index is -1.09. The maximum absolute atomic E-state index is 12.6. The number of rotatable bonds is 18. The Balaban J connectivity index is 5.01. The summed E-state index contributed by atoms with van der Waals surface area (Å²) in [6.07, 6.45) is -1.26. The van der Waals surface area contributed by atoms with E-state index in [0.717, 1.165) is 6.08 Å². The summed E-state index contributed by atoms with van der Waals surface area (Å²) < 4.78 is 30.4. The highest BCUT2D eigenvalue weighted by atomic mass is 16.6. The molecule has 2 amide bonds. The van der Waals surface area contributed by atoms with Gasteiger partial charge in [-0.15, -0.1) is 0 Å². The molecule has 2 atom stereocenters. The van der Waals surface area contributed by atoms with Gasteiger partial charge in [-0.25, -0.2) is 9.59 Å². The Morgan fingerprint density at radius 2 is 1.00 bits per heavy atom.